The first-order valence-corrected chi connectivity index (χ1v) is 8.37. The zero-order valence-electron chi connectivity index (χ0n) is 12.0. The van der Waals surface area contributed by atoms with Crippen molar-refractivity contribution in [3.05, 3.63) is 35.4 Å². The normalized spacial score (nSPS) is 12.1. The topological polar surface area (TPSA) is 51.2 Å². The van der Waals surface area contributed by atoms with E-state index in [4.69, 9.17) is 0 Å². The van der Waals surface area contributed by atoms with Crippen LogP contribution in [0.3, 0.4) is 0 Å². The molecule has 19 heavy (non-hydrogen) atoms. The molecule has 0 N–H and O–H groups in total. The van der Waals surface area contributed by atoms with Crippen LogP contribution in [-0.2, 0) is 9.84 Å². The molecule has 4 heteroatoms. The molecule has 0 aromatic heterocycles. The lowest BCUT2D eigenvalue weighted by Gasteiger charge is -2.08. The fraction of sp³-hybridized carbons (Fsp3) is 0.533. The van der Waals surface area contributed by atoms with Crippen molar-refractivity contribution >= 4 is 15.6 Å². The number of Topliss-reactive ketones (excluding diaryl/α,β-unsaturated/α-hetero) is 1. The van der Waals surface area contributed by atoms with Gasteiger partial charge in [-0.15, -0.1) is 0 Å². The molecule has 3 nitrogen and oxygen atoms in total. The van der Waals surface area contributed by atoms with Crippen LogP contribution in [0.4, 0.5) is 0 Å². The number of ketones is 1. The SMILES string of the molecule is CC(C)CS(=O)(=O)CC(=O)c1ccc(C(C)C)cc1. The van der Waals surface area contributed by atoms with Gasteiger partial charge in [0.15, 0.2) is 15.6 Å². The van der Waals surface area contributed by atoms with Crippen molar-refractivity contribution in [3.63, 3.8) is 0 Å². The zero-order valence-corrected chi connectivity index (χ0v) is 12.8. The highest BCUT2D eigenvalue weighted by Crippen LogP contribution is 2.15. The van der Waals surface area contributed by atoms with Gasteiger partial charge < -0.3 is 0 Å². The molecular formula is C15H22O3S. The Bertz CT molecular complexity index is 525. The second kappa shape index (κ2) is 6.33. The molecule has 106 valence electrons. The lowest BCUT2D eigenvalue weighted by molar-refractivity contribution is 0.102. The Labute approximate surface area is 116 Å². The lowest BCUT2D eigenvalue weighted by Crippen LogP contribution is -2.21. The zero-order chi connectivity index (χ0) is 14.6. The van der Waals surface area contributed by atoms with Crippen LogP contribution < -0.4 is 0 Å². The number of hydrogen-bond acceptors (Lipinski definition) is 3. The number of benzene rings is 1. The molecular weight excluding hydrogens is 260 g/mol. The van der Waals surface area contributed by atoms with Crippen molar-refractivity contribution in [2.24, 2.45) is 5.92 Å². The minimum Gasteiger partial charge on any atom is -0.293 e. The highest BCUT2D eigenvalue weighted by Gasteiger charge is 2.19. The van der Waals surface area contributed by atoms with E-state index in [1.165, 1.54) is 0 Å². The van der Waals surface area contributed by atoms with Crippen molar-refractivity contribution in [2.75, 3.05) is 11.5 Å². The maximum atomic E-state index is 11.9. The Balaban J connectivity index is 2.79. The summed E-state index contributed by atoms with van der Waals surface area (Å²) in [5, 5.41) is 0. The highest BCUT2D eigenvalue weighted by molar-refractivity contribution is 7.92. The predicted octanol–water partition coefficient (Wildman–Crippen LogP) is 3.06. The van der Waals surface area contributed by atoms with Gasteiger partial charge in [-0.3, -0.25) is 4.79 Å². The maximum absolute atomic E-state index is 11.9. The molecule has 0 radical (unpaired) electrons. The minimum atomic E-state index is -3.30. The molecule has 1 rings (SSSR count). The molecule has 0 atom stereocenters. The van der Waals surface area contributed by atoms with E-state index in [-0.39, 0.29) is 17.5 Å². The average molecular weight is 282 g/mol. The van der Waals surface area contributed by atoms with E-state index in [2.05, 4.69) is 13.8 Å². The quantitative estimate of drug-likeness (QED) is 0.753. The smallest absolute Gasteiger partial charge is 0.177 e. The fourth-order valence-electron chi connectivity index (χ4n) is 1.90. The predicted molar refractivity (Wildman–Crippen MR) is 78.4 cm³/mol. The van der Waals surface area contributed by atoms with Gasteiger partial charge in [0.05, 0.1) is 5.75 Å². The van der Waals surface area contributed by atoms with Crippen molar-refractivity contribution in [1.29, 1.82) is 0 Å². The third-order valence-electron chi connectivity index (χ3n) is 2.84. The first-order chi connectivity index (χ1) is 8.71. The molecule has 0 amide bonds. The van der Waals surface area contributed by atoms with E-state index in [0.717, 1.165) is 5.56 Å². The van der Waals surface area contributed by atoms with E-state index in [1.807, 2.05) is 26.0 Å². The second-order valence-corrected chi connectivity index (χ2v) is 7.76. The molecule has 0 aliphatic heterocycles. The molecule has 0 heterocycles. The Kier molecular flexibility index (Phi) is 5.29. The molecule has 1 aromatic carbocycles. The number of rotatable bonds is 6. The number of carbonyl (C=O) groups excluding carboxylic acids is 1. The van der Waals surface area contributed by atoms with Crippen molar-refractivity contribution in [1.82, 2.24) is 0 Å². The van der Waals surface area contributed by atoms with Gasteiger partial charge in [-0.1, -0.05) is 52.0 Å². The van der Waals surface area contributed by atoms with Gasteiger partial charge in [0, 0.05) is 5.56 Å². The molecule has 0 spiro atoms. The van der Waals surface area contributed by atoms with Gasteiger partial charge in [-0.2, -0.15) is 0 Å². The molecule has 0 aliphatic carbocycles. The van der Waals surface area contributed by atoms with E-state index in [9.17, 15) is 13.2 Å². The summed E-state index contributed by atoms with van der Waals surface area (Å²) in [6, 6.07) is 7.19. The largest absolute Gasteiger partial charge is 0.293 e. The van der Waals surface area contributed by atoms with E-state index < -0.39 is 15.6 Å². The Morgan fingerprint density at radius 3 is 2.00 bits per heavy atom. The van der Waals surface area contributed by atoms with Crippen LogP contribution >= 0.6 is 0 Å². The van der Waals surface area contributed by atoms with Crippen LogP contribution in [-0.4, -0.2) is 25.7 Å². The van der Waals surface area contributed by atoms with Crippen molar-refractivity contribution in [3.8, 4) is 0 Å². The molecule has 0 unspecified atom stereocenters. The Morgan fingerprint density at radius 2 is 1.58 bits per heavy atom. The van der Waals surface area contributed by atoms with E-state index >= 15 is 0 Å². The lowest BCUT2D eigenvalue weighted by atomic mass is 10.0. The van der Waals surface area contributed by atoms with Gasteiger partial charge in [-0.25, -0.2) is 8.42 Å². The van der Waals surface area contributed by atoms with E-state index in [0.29, 0.717) is 11.5 Å². The maximum Gasteiger partial charge on any atom is 0.177 e. The molecule has 0 saturated heterocycles. The van der Waals surface area contributed by atoms with Gasteiger partial charge in [0.25, 0.3) is 0 Å². The monoisotopic (exact) mass is 282 g/mol. The molecule has 0 fully saturated rings. The number of hydrogen-bond donors (Lipinski definition) is 0. The van der Waals surface area contributed by atoms with Gasteiger partial charge >= 0.3 is 0 Å². The second-order valence-electron chi connectivity index (χ2n) is 5.65. The summed E-state index contributed by atoms with van der Waals surface area (Å²) in [6.45, 7) is 7.81. The fourth-order valence-corrected chi connectivity index (χ4v) is 3.60. The van der Waals surface area contributed by atoms with Gasteiger partial charge in [0.1, 0.15) is 5.75 Å². The summed E-state index contributed by atoms with van der Waals surface area (Å²) in [4.78, 5) is 11.9. The van der Waals surface area contributed by atoms with Gasteiger partial charge in [0.2, 0.25) is 0 Å². The van der Waals surface area contributed by atoms with Crippen LogP contribution in [0.2, 0.25) is 0 Å². The highest BCUT2D eigenvalue weighted by atomic mass is 32.2. The summed E-state index contributed by atoms with van der Waals surface area (Å²) in [5.41, 5.74) is 1.61. The van der Waals surface area contributed by atoms with Gasteiger partial charge in [-0.05, 0) is 17.4 Å². The third kappa shape index (κ3) is 5.15. The Morgan fingerprint density at radius 1 is 1.05 bits per heavy atom. The molecule has 1 aromatic rings. The summed E-state index contributed by atoms with van der Waals surface area (Å²) >= 11 is 0. The molecule has 0 aliphatic rings. The van der Waals surface area contributed by atoms with E-state index in [1.54, 1.807) is 12.1 Å². The third-order valence-corrected chi connectivity index (χ3v) is 4.71. The van der Waals surface area contributed by atoms with Crippen LogP contribution in [0.5, 0.6) is 0 Å². The first-order valence-electron chi connectivity index (χ1n) is 6.55. The van der Waals surface area contributed by atoms with Crippen molar-refractivity contribution < 1.29 is 13.2 Å². The average Bonchev–Trinajstić information content (AvgIpc) is 2.26. The van der Waals surface area contributed by atoms with Crippen LogP contribution in [0.1, 0.15) is 49.5 Å². The summed E-state index contributed by atoms with van der Waals surface area (Å²) in [6.07, 6.45) is 0. The summed E-state index contributed by atoms with van der Waals surface area (Å²) in [5.74, 6) is -0.222. The standard InChI is InChI=1S/C15H22O3S/c1-11(2)9-19(17,18)10-15(16)14-7-5-13(6-8-14)12(3)4/h5-8,11-12H,9-10H2,1-4H3. The summed E-state index contributed by atoms with van der Waals surface area (Å²) < 4.78 is 23.6. The minimum absolute atomic E-state index is 0.0427. The van der Waals surface area contributed by atoms with Crippen LogP contribution in [0, 0.1) is 5.92 Å². The number of sulfone groups is 1. The van der Waals surface area contributed by atoms with Crippen LogP contribution in [0.25, 0.3) is 0 Å². The first kappa shape index (κ1) is 15.9. The Hall–Kier alpha value is -1.16. The summed E-state index contributed by atoms with van der Waals surface area (Å²) in [7, 11) is -3.30. The molecule has 0 bridgehead atoms. The van der Waals surface area contributed by atoms with Crippen LogP contribution in [0.15, 0.2) is 24.3 Å². The molecule has 0 saturated carbocycles. The van der Waals surface area contributed by atoms with Crippen molar-refractivity contribution in [2.45, 2.75) is 33.6 Å². The number of carbonyl (C=O) groups is 1.